The zero-order valence-corrected chi connectivity index (χ0v) is 20.3. The molecule has 184 valence electrons. The molecule has 1 saturated carbocycles. The number of hydroxylamine groups is 1. The number of fused-ring (bicyclic) bond motifs is 1. The van der Waals surface area contributed by atoms with E-state index in [0.29, 0.717) is 17.9 Å². The van der Waals surface area contributed by atoms with Crippen molar-refractivity contribution < 1.29 is 19.5 Å². The molecule has 0 aliphatic heterocycles. The SMILES string of the molecule is Cc1cc(CCOc2ccc(C(=O)NC(C)(C(=O)NO)C3CCCCC3)cc2)c2ccccc2n1. The van der Waals surface area contributed by atoms with Gasteiger partial charge in [0.2, 0.25) is 0 Å². The van der Waals surface area contributed by atoms with Crippen molar-refractivity contribution in [1.29, 1.82) is 0 Å². The highest BCUT2D eigenvalue weighted by atomic mass is 16.5. The van der Waals surface area contributed by atoms with E-state index in [4.69, 9.17) is 4.74 Å². The summed E-state index contributed by atoms with van der Waals surface area (Å²) in [5.74, 6) is -0.300. The van der Waals surface area contributed by atoms with E-state index in [-0.39, 0.29) is 11.8 Å². The van der Waals surface area contributed by atoms with Gasteiger partial charge in [-0.05, 0) is 74.6 Å². The monoisotopic (exact) mass is 475 g/mol. The summed E-state index contributed by atoms with van der Waals surface area (Å²) in [5, 5.41) is 13.3. The minimum absolute atomic E-state index is 0.0251. The topological polar surface area (TPSA) is 101 Å². The van der Waals surface area contributed by atoms with Gasteiger partial charge < -0.3 is 10.1 Å². The third-order valence-electron chi connectivity index (χ3n) is 7.05. The van der Waals surface area contributed by atoms with Crippen LogP contribution in [0.1, 0.15) is 60.6 Å². The fourth-order valence-electron chi connectivity index (χ4n) is 5.03. The molecule has 4 rings (SSSR count). The normalized spacial score (nSPS) is 15.9. The number of benzene rings is 2. The smallest absolute Gasteiger partial charge is 0.269 e. The molecule has 1 aliphatic carbocycles. The van der Waals surface area contributed by atoms with E-state index in [2.05, 4.69) is 22.4 Å². The number of aryl methyl sites for hydroxylation is 1. The number of para-hydroxylation sites is 1. The number of hydrogen-bond donors (Lipinski definition) is 3. The van der Waals surface area contributed by atoms with Crippen LogP contribution in [0, 0.1) is 12.8 Å². The van der Waals surface area contributed by atoms with Gasteiger partial charge in [0.05, 0.1) is 12.1 Å². The lowest BCUT2D eigenvalue weighted by molar-refractivity contribution is -0.138. The zero-order valence-electron chi connectivity index (χ0n) is 20.3. The number of aromatic nitrogens is 1. The third kappa shape index (κ3) is 5.62. The summed E-state index contributed by atoms with van der Waals surface area (Å²) in [5.41, 5.74) is 4.14. The molecule has 1 fully saturated rings. The molecule has 0 saturated heterocycles. The fourth-order valence-corrected chi connectivity index (χ4v) is 5.03. The van der Waals surface area contributed by atoms with Crippen LogP contribution in [0.25, 0.3) is 10.9 Å². The highest BCUT2D eigenvalue weighted by Gasteiger charge is 2.43. The Bertz CT molecular complexity index is 1190. The van der Waals surface area contributed by atoms with E-state index in [1.54, 1.807) is 36.7 Å². The van der Waals surface area contributed by atoms with Crippen molar-refractivity contribution in [3.8, 4) is 5.75 Å². The molecule has 1 atom stereocenters. The van der Waals surface area contributed by atoms with Crippen molar-refractivity contribution >= 4 is 22.7 Å². The molecular formula is C28H33N3O4. The van der Waals surface area contributed by atoms with Crippen molar-refractivity contribution in [2.45, 2.75) is 57.9 Å². The summed E-state index contributed by atoms with van der Waals surface area (Å²) in [6.45, 7) is 4.17. The molecule has 3 aromatic rings. The van der Waals surface area contributed by atoms with Crippen LogP contribution in [0.2, 0.25) is 0 Å². The summed E-state index contributed by atoms with van der Waals surface area (Å²) in [4.78, 5) is 30.0. The summed E-state index contributed by atoms with van der Waals surface area (Å²) in [7, 11) is 0. The van der Waals surface area contributed by atoms with Crippen LogP contribution < -0.4 is 15.5 Å². The number of nitrogens with one attached hydrogen (secondary N) is 2. The molecule has 35 heavy (non-hydrogen) atoms. The highest BCUT2D eigenvalue weighted by Crippen LogP contribution is 2.33. The van der Waals surface area contributed by atoms with Crippen molar-refractivity contribution in [3.05, 3.63) is 71.4 Å². The molecule has 1 unspecified atom stereocenters. The van der Waals surface area contributed by atoms with Gasteiger partial charge in [-0.15, -0.1) is 0 Å². The first-order valence-electron chi connectivity index (χ1n) is 12.3. The van der Waals surface area contributed by atoms with Crippen LogP contribution >= 0.6 is 0 Å². The molecule has 0 bridgehead atoms. The Balaban J connectivity index is 1.38. The highest BCUT2D eigenvalue weighted by molar-refractivity contribution is 5.99. The second-order valence-electron chi connectivity index (χ2n) is 9.50. The first-order chi connectivity index (χ1) is 16.9. The molecular weight excluding hydrogens is 442 g/mol. The van der Waals surface area contributed by atoms with Crippen LogP contribution in [0.5, 0.6) is 5.75 Å². The van der Waals surface area contributed by atoms with Crippen LogP contribution in [0.15, 0.2) is 54.6 Å². The maximum atomic E-state index is 13.0. The van der Waals surface area contributed by atoms with Gasteiger partial charge >= 0.3 is 0 Å². The van der Waals surface area contributed by atoms with E-state index in [1.807, 2.05) is 25.1 Å². The number of hydrogen-bond acceptors (Lipinski definition) is 5. The number of carbonyl (C=O) groups is 2. The number of rotatable bonds is 8. The van der Waals surface area contributed by atoms with Crippen LogP contribution in [-0.2, 0) is 11.2 Å². The van der Waals surface area contributed by atoms with Crippen LogP contribution in [0.3, 0.4) is 0 Å². The number of ether oxygens (including phenoxy) is 1. The number of amides is 2. The fraction of sp³-hybridized carbons (Fsp3) is 0.393. The predicted octanol–water partition coefficient (Wildman–Crippen LogP) is 4.74. The van der Waals surface area contributed by atoms with Crippen molar-refractivity contribution in [3.63, 3.8) is 0 Å². The summed E-state index contributed by atoms with van der Waals surface area (Å²) in [6, 6.07) is 17.1. The second-order valence-corrected chi connectivity index (χ2v) is 9.50. The Morgan fingerprint density at radius 1 is 1.09 bits per heavy atom. The maximum Gasteiger partial charge on any atom is 0.269 e. The quantitative estimate of drug-likeness (QED) is 0.323. The average Bonchev–Trinajstić information content (AvgIpc) is 2.88. The van der Waals surface area contributed by atoms with Gasteiger partial charge in [-0.3, -0.25) is 19.8 Å². The molecule has 1 aromatic heterocycles. The Hall–Kier alpha value is -3.45. The molecule has 1 heterocycles. The van der Waals surface area contributed by atoms with E-state index >= 15 is 0 Å². The Kier molecular flexibility index (Phi) is 7.66. The lowest BCUT2D eigenvalue weighted by Gasteiger charge is -2.38. The van der Waals surface area contributed by atoms with Gasteiger partial charge in [0.1, 0.15) is 11.3 Å². The molecule has 3 N–H and O–H groups in total. The first kappa shape index (κ1) is 24.7. The molecule has 7 heteroatoms. The van der Waals surface area contributed by atoms with Gasteiger partial charge in [-0.25, -0.2) is 5.48 Å². The Morgan fingerprint density at radius 3 is 2.51 bits per heavy atom. The summed E-state index contributed by atoms with van der Waals surface area (Å²) < 4.78 is 5.94. The van der Waals surface area contributed by atoms with Crippen molar-refractivity contribution in [2.24, 2.45) is 5.92 Å². The molecule has 1 aliphatic rings. The van der Waals surface area contributed by atoms with Gasteiger partial charge in [0.25, 0.3) is 11.8 Å². The minimum atomic E-state index is -1.17. The number of pyridine rings is 1. The summed E-state index contributed by atoms with van der Waals surface area (Å²) in [6.07, 6.45) is 5.56. The van der Waals surface area contributed by atoms with Gasteiger partial charge in [0.15, 0.2) is 0 Å². The first-order valence-corrected chi connectivity index (χ1v) is 12.3. The molecule has 7 nitrogen and oxygen atoms in total. The summed E-state index contributed by atoms with van der Waals surface area (Å²) >= 11 is 0. The average molecular weight is 476 g/mol. The second kappa shape index (κ2) is 10.9. The molecule has 0 spiro atoms. The third-order valence-corrected chi connectivity index (χ3v) is 7.05. The van der Waals surface area contributed by atoms with Crippen LogP contribution in [0.4, 0.5) is 0 Å². The predicted molar refractivity (Wildman–Crippen MR) is 134 cm³/mol. The van der Waals surface area contributed by atoms with E-state index in [0.717, 1.165) is 55.1 Å². The largest absolute Gasteiger partial charge is 0.493 e. The van der Waals surface area contributed by atoms with E-state index < -0.39 is 11.4 Å². The van der Waals surface area contributed by atoms with Gasteiger partial charge in [-0.1, -0.05) is 37.5 Å². The zero-order chi connectivity index (χ0) is 24.8. The molecule has 2 amide bonds. The van der Waals surface area contributed by atoms with Crippen LogP contribution in [-0.4, -0.2) is 34.2 Å². The Morgan fingerprint density at radius 2 is 1.80 bits per heavy atom. The Labute approximate surface area is 205 Å². The van der Waals surface area contributed by atoms with Crippen molar-refractivity contribution in [1.82, 2.24) is 15.8 Å². The minimum Gasteiger partial charge on any atom is -0.493 e. The van der Waals surface area contributed by atoms with Gasteiger partial charge in [-0.2, -0.15) is 0 Å². The van der Waals surface area contributed by atoms with E-state index in [9.17, 15) is 14.8 Å². The number of nitrogens with zero attached hydrogens (tertiary/aromatic N) is 1. The lowest BCUT2D eigenvalue weighted by Crippen LogP contribution is -2.61. The van der Waals surface area contributed by atoms with E-state index in [1.165, 1.54) is 5.56 Å². The van der Waals surface area contributed by atoms with Gasteiger partial charge in [0, 0.05) is 23.1 Å². The number of carbonyl (C=O) groups excluding carboxylic acids is 2. The van der Waals surface area contributed by atoms with Crippen molar-refractivity contribution in [2.75, 3.05) is 6.61 Å². The maximum absolute atomic E-state index is 13.0. The molecule has 0 radical (unpaired) electrons. The lowest BCUT2D eigenvalue weighted by atomic mass is 9.75. The molecule has 2 aromatic carbocycles. The standard InChI is InChI=1S/C28H33N3O4/c1-19-18-21(24-10-6-7-11-25(24)29-19)16-17-35-23-14-12-20(13-15-23)26(32)30-28(2,27(33)31-34)22-8-4-3-5-9-22/h6-7,10-15,18,22,34H,3-5,8-9,16-17H2,1-2H3,(H,30,32)(H,31,33).